The Balaban J connectivity index is 2.26. The van der Waals surface area contributed by atoms with Gasteiger partial charge in [-0.25, -0.2) is 0 Å². The average Bonchev–Trinajstić information content (AvgIpc) is 2.82. The van der Waals surface area contributed by atoms with Crippen molar-refractivity contribution in [2.75, 3.05) is 11.9 Å². The molecule has 0 radical (unpaired) electrons. The largest absolute Gasteiger partial charge is 0.411 e. The zero-order chi connectivity index (χ0) is 27.8. The predicted octanol–water partition coefficient (Wildman–Crippen LogP) is 6.42. The van der Waals surface area contributed by atoms with Gasteiger partial charge in [-0.2, -0.15) is 26.3 Å². The van der Waals surface area contributed by atoms with E-state index in [1.807, 2.05) is 0 Å². The molecule has 1 amide bonds. The molecule has 0 bridgehead atoms. The van der Waals surface area contributed by atoms with E-state index in [9.17, 15) is 31.1 Å². The Bertz CT molecular complexity index is 1110. The summed E-state index contributed by atoms with van der Waals surface area (Å²) >= 11 is 0. The maximum Gasteiger partial charge on any atom is 0.411 e. The zero-order valence-corrected chi connectivity index (χ0v) is 20.8. The van der Waals surface area contributed by atoms with E-state index in [1.54, 1.807) is 44.3 Å². The van der Waals surface area contributed by atoms with E-state index < -0.39 is 36.8 Å². The maximum absolute atomic E-state index is 13.1. The minimum absolute atomic E-state index is 0.0251. The third kappa shape index (κ3) is 8.91. The summed E-state index contributed by atoms with van der Waals surface area (Å²) in [6.45, 7) is 7.05. The fourth-order valence-corrected chi connectivity index (χ4v) is 3.70. The SMILES string of the molecule is C=CC(C)C(N=CCC(=O)NCc1cc(CC)c(NCC(F)(F)F)c(-c2cccnc2C)c1)C(F)(F)F. The third-order valence-electron chi connectivity index (χ3n) is 5.66. The van der Waals surface area contributed by atoms with Gasteiger partial charge >= 0.3 is 12.4 Å². The molecule has 2 aromatic rings. The monoisotopic (exact) mass is 528 g/mol. The van der Waals surface area contributed by atoms with Crippen LogP contribution in [-0.4, -0.2) is 42.0 Å². The number of aromatic nitrogens is 1. The average molecular weight is 529 g/mol. The van der Waals surface area contributed by atoms with Crippen LogP contribution < -0.4 is 10.6 Å². The van der Waals surface area contributed by atoms with Crippen LogP contribution in [0, 0.1) is 12.8 Å². The van der Waals surface area contributed by atoms with Crippen LogP contribution in [0.25, 0.3) is 11.1 Å². The molecule has 2 unspecified atom stereocenters. The number of carbonyl (C=O) groups excluding carboxylic acids is 1. The van der Waals surface area contributed by atoms with Crippen molar-refractivity contribution in [3.05, 3.63) is 59.9 Å². The number of nitrogens with one attached hydrogen (secondary N) is 2. The number of benzene rings is 1. The number of hydrogen-bond acceptors (Lipinski definition) is 4. The van der Waals surface area contributed by atoms with Gasteiger partial charge in [0.1, 0.15) is 6.54 Å². The lowest BCUT2D eigenvalue weighted by Gasteiger charge is -2.20. The number of amides is 1. The molecule has 0 aliphatic heterocycles. The zero-order valence-electron chi connectivity index (χ0n) is 20.8. The Morgan fingerprint density at radius 1 is 1.19 bits per heavy atom. The van der Waals surface area contributed by atoms with Gasteiger partial charge in [0.2, 0.25) is 5.91 Å². The van der Waals surface area contributed by atoms with Gasteiger partial charge in [0.05, 0.1) is 6.42 Å². The van der Waals surface area contributed by atoms with Gasteiger partial charge in [-0.15, -0.1) is 6.58 Å². The van der Waals surface area contributed by atoms with Crippen LogP contribution in [0.15, 0.2) is 48.1 Å². The van der Waals surface area contributed by atoms with Gasteiger partial charge in [-0.1, -0.05) is 32.1 Å². The molecule has 202 valence electrons. The molecule has 1 aromatic carbocycles. The second-order valence-electron chi connectivity index (χ2n) is 8.53. The number of rotatable bonds is 11. The number of carbonyl (C=O) groups is 1. The van der Waals surface area contributed by atoms with E-state index in [2.05, 4.69) is 27.2 Å². The van der Waals surface area contributed by atoms with E-state index in [4.69, 9.17) is 0 Å². The van der Waals surface area contributed by atoms with E-state index in [0.717, 1.165) is 12.3 Å². The molecule has 2 atom stereocenters. The first-order valence-electron chi connectivity index (χ1n) is 11.6. The molecule has 0 aliphatic carbocycles. The van der Waals surface area contributed by atoms with Crippen LogP contribution in [-0.2, 0) is 17.8 Å². The second-order valence-corrected chi connectivity index (χ2v) is 8.53. The summed E-state index contributed by atoms with van der Waals surface area (Å²) in [6, 6.07) is 4.79. The van der Waals surface area contributed by atoms with Crippen molar-refractivity contribution < 1.29 is 31.1 Å². The standard InChI is InChI=1S/C26H30F6N4O/c1-5-16(3)24(26(30,31)32)34-11-9-22(37)35-14-18-12-19(6-2)23(36-15-25(27,28)29)21(13-18)20-8-7-10-33-17(20)4/h5,7-8,10-13,16,24,36H,1,6,9,14-15H2,2-4H3,(H,35,37). The molecule has 2 rings (SSSR count). The number of nitrogens with zero attached hydrogens (tertiary/aromatic N) is 2. The Hall–Kier alpha value is -3.37. The summed E-state index contributed by atoms with van der Waals surface area (Å²) in [4.78, 5) is 20.0. The number of aryl methyl sites for hydroxylation is 2. The number of halogens is 6. The van der Waals surface area contributed by atoms with Crippen molar-refractivity contribution >= 4 is 17.8 Å². The Kier molecular flexibility index (Phi) is 10.3. The highest BCUT2D eigenvalue weighted by Gasteiger charge is 2.41. The second kappa shape index (κ2) is 12.7. The fraction of sp³-hybridized carbons (Fsp3) is 0.423. The van der Waals surface area contributed by atoms with Gasteiger partial charge in [0.15, 0.2) is 6.04 Å². The van der Waals surface area contributed by atoms with Crippen LogP contribution in [0.4, 0.5) is 32.0 Å². The highest BCUT2D eigenvalue weighted by atomic mass is 19.4. The molecular formula is C26H30F6N4O. The summed E-state index contributed by atoms with van der Waals surface area (Å²) < 4.78 is 78.3. The van der Waals surface area contributed by atoms with E-state index in [1.165, 1.54) is 6.92 Å². The van der Waals surface area contributed by atoms with Crippen molar-refractivity contribution in [2.45, 2.75) is 58.6 Å². The smallest absolute Gasteiger partial charge is 0.376 e. The molecule has 1 heterocycles. The first-order valence-corrected chi connectivity index (χ1v) is 11.6. The molecule has 2 N–H and O–H groups in total. The van der Waals surface area contributed by atoms with Crippen LogP contribution in [0.3, 0.4) is 0 Å². The van der Waals surface area contributed by atoms with Crippen LogP contribution in [0.2, 0.25) is 0 Å². The van der Waals surface area contributed by atoms with Crippen LogP contribution in [0.1, 0.15) is 37.1 Å². The molecule has 0 aliphatic rings. The quantitative estimate of drug-likeness (QED) is 0.201. The molecule has 0 saturated heterocycles. The topological polar surface area (TPSA) is 66.4 Å². The molecule has 0 saturated carbocycles. The van der Waals surface area contributed by atoms with E-state index in [-0.39, 0.29) is 13.0 Å². The minimum atomic E-state index is -4.57. The first kappa shape index (κ1) is 29.9. The predicted molar refractivity (Wildman–Crippen MR) is 132 cm³/mol. The van der Waals surface area contributed by atoms with Gasteiger partial charge in [0.25, 0.3) is 0 Å². The summed E-state index contributed by atoms with van der Waals surface area (Å²) in [5.41, 5.74) is 3.31. The summed E-state index contributed by atoms with van der Waals surface area (Å²) in [5.74, 6) is -1.50. The summed E-state index contributed by atoms with van der Waals surface area (Å²) in [7, 11) is 0. The first-order chi connectivity index (χ1) is 17.3. The van der Waals surface area contributed by atoms with Gasteiger partial charge in [-0.05, 0) is 36.6 Å². The molecular weight excluding hydrogens is 498 g/mol. The van der Waals surface area contributed by atoms with Crippen molar-refractivity contribution in [1.82, 2.24) is 10.3 Å². The summed E-state index contributed by atoms with van der Waals surface area (Å²) in [6.07, 6.45) is -5.28. The molecule has 11 heteroatoms. The molecule has 5 nitrogen and oxygen atoms in total. The van der Waals surface area contributed by atoms with Gasteiger partial charge in [-0.3, -0.25) is 14.8 Å². The molecule has 1 aromatic heterocycles. The third-order valence-corrected chi connectivity index (χ3v) is 5.66. The lowest BCUT2D eigenvalue weighted by molar-refractivity contribution is -0.153. The Morgan fingerprint density at radius 2 is 1.89 bits per heavy atom. The number of alkyl halides is 6. The van der Waals surface area contributed by atoms with Crippen molar-refractivity contribution in [2.24, 2.45) is 10.9 Å². The van der Waals surface area contributed by atoms with Crippen molar-refractivity contribution in [1.29, 1.82) is 0 Å². The Morgan fingerprint density at radius 3 is 2.46 bits per heavy atom. The van der Waals surface area contributed by atoms with E-state index >= 15 is 0 Å². The lowest BCUT2D eigenvalue weighted by atomic mass is 9.94. The van der Waals surface area contributed by atoms with E-state index in [0.29, 0.717) is 40.1 Å². The normalized spacial score (nSPS) is 13.9. The minimum Gasteiger partial charge on any atom is -0.376 e. The Labute approximate surface area is 212 Å². The highest BCUT2D eigenvalue weighted by Crippen LogP contribution is 2.35. The summed E-state index contributed by atoms with van der Waals surface area (Å²) in [5, 5.41) is 5.13. The molecule has 0 fully saturated rings. The van der Waals surface area contributed by atoms with Crippen LogP contribution in [0.5, 0.6) is 0 Å². The maximum atomic E-state index is 13.1. The number of pyridine rings is 1. The molecule has 37 heavy (non-hydrogen) atoms. The number of aliphatic imine (C=N–C) groups is 1. The van der Waals surface area contributed by atoms with Gasteiger partial charge < -0.3 is 10.6 Å². The van der Waals surface area contributed by atoms with Gasteiger partial charge in [0, 0.05) is 47.4 Å². The van der Waals surface area contributed by atoms with Crippen LogP contribution >= 0.6 is 0 Å². The van der Waals surface area contributed by atoms with Crippen molar-refractivity contribution in [3.63, 3.8) is 0 Å². The lowest BCUT2D eigenvalue weighted by Crippen LogP contribution is -2.32. The highest BCUT2D eigenvalue weighted by molar-refractivity contribution is 5.90. The number of hydrogen-bond donors (Lipinski definition) is 2. The molecule has 0 spiro atoms. The fourth-order valence-electron chi connectivity index (χ4n) is 3.70. The van der Waals surface area contributed by atoms with Crippen molar-refractivity contribution in [3.8, 4) is 11.1 Å². The number of anilines is 1.